The summed E-state index contributed by atoms with van der Waals surface area (Å²) < 4.78 is 28.8. The molecule has 0 aromatic heterocycles. The minimum absolute atomic E-state index is 0.0181. The number of rotatable bonds is 9. The SMILES string of the molecule is CCC(=O)N1CCc2cc(S(=O)(=O)N[C@@H](CC(C)C)C(=O)NCc3ccccc3)ccc21. The number of amides is 2. The van der Waals surface area contributed by atoms with Crippen LogP contribution < -0.4 is 14.9 Å². The predicted octanol–water partition coefficient (Wildman–Crippen LogP) is 3.00. The van der Waals surface area contributed by atoms with Crippen LogP contribution in [0, 0.1) is 5.92 Å². The van der Waals surface area contributed by atoms with E-state index in [-0.39, 0.29) is 22.6 Å². The molecule has 2 aromatic rings. The van der Waals surface area contributed by atoms with Gasteiger partial charge >= 0.3 is 0 Å². The molecule has 0 unspecified atom stereocenters. The molecule has 0 bridgehead atoms. The maximum Gasteiger partial charge on any atom is 0.241 e. The Morgan fingerprint density at radius 2 is 1.81 bits per heavy atom. The van der Waals surface area contributed by atoms with Crippen LogP contribution in [0.5, 0.6) is 0 Å². The van der Waals surface area contributed by atoms with Crippen LogP contribution in [0.1, 0.15) is 44.7 Å². The molecule has 0 saturated heterocycles. The smallest absolute Gasteiger partial charge is 0.241 e. The molecule has 32 heavy (non-hydrogen) atoms. The largest absolute Gasteiger partial charge is 0.351 e. The van der Waals surface area contributed by atoms with Crippen LogP contribution in [0.4, 0.5) is 5.69 Å². The quantitative estimate of drug-likeness (QED) is 0.605. The number of anilines is 1. The van der Waals surface area contributed by atoms with Crippen LogP contribution in [-0.4, -0.2) is 32.8 Å². The molecule has 0 radical (unpaired) electrons. The van der Waals surface area contributed by atoms with E-state index in [2.05, 4.69) is 10.0 Å². The number of fused-ring (bicyclic) bond motifs is 1. The summed E-state index contributed by atoms with van der Waals surface area (Å²) >= 11 is 0. The number of benzene rings is 2. The Morgan fingerprint density at radius 1 is 1.09 bits per heavy atom. The summed E-state index contributed by atoms with van der Waals surface area (Å²) in [7, 11) is -3.91. The van der Waals surface area contributed by atoms with Gasteiger partial charge in [0.15, 0.2) is 0 Å². The van der Waals surface area contributed by atoms with E-state index in [1.165, 1.54) is 6.07 Å². The first-order valence-electron chi connectivity index (χ1n) is 11.0. The van der Waals surface area contributed by atoms with Crippen LogP contribution in [0.2, 0.25) is 0 Å². The molecule has 2 aromatic carbocycles. The van der Waals surface area contributed by atoms with Crippen molar-refractivity contribution in [2.24, 2.45) is 5.92 Å². The molecule has 0 aliphatic carbocycles. The standard InChI is InChI=1S/C24H31N3O4S/c1-4-23(28)27-13-12-19-15-20(10-11-22(19)27)32(30,31)26-21(14-17(2)3)24(29)25-16-18-8-6-5-7-9-18/h5-11,15,17,21,26H,4,12-14,16H2,1-3H3,(H,25,29)/t21-/m0/s1. The molecule has 8 heteroatoms. The van der Waals surface area contributed by atoms with Crippen molar-refractivity contribution in [3.05, 3.63) is 59.7 Å². The van der Waals surface area contributed by atoms with Gasteiger partial charge in [-0.2, -0.15) is 4.72 Å². The molecule has 0 spiro atoms. The highest BCUT2D eigenvalue weighted by molar-refractivity contribution is 7.89. The van der Waals surface area contributed by atoms with Crippen LogP contribution in [-0.2, 0) is 32.6 Å². The Morgan fingerprint density at radius 3 is 2.47 bits per heavy atom. The fourth-order valence-corrected chi connectivity index (χ4v) is 5.10. The molecule has 1 aliphatic rings. The fourth-order valence-electron chi connectivity index (χ4n) is 3.84. The van der Waals surface area contributed by atoms with Gasteiger partial charge < -0.3 is 10.2 Å². The van der Waals surface area contributed by atoms with Gasteiger partial charge in [-0.1, -0.05) is 51.1 Å². The normalized spacial score (nSPS) is 14.3. The number of carbonyl (C=O) groups is 2. The highest BCUT2D eigenvalue weighted by Gasteiger charge is 2.29. The van der Waals surface area contributed by atoms with E-state index in [1.54, 1.807) is 24.0 Å². The number of sulfonamides is 1. The van der Waals surface area contributed by atoms with Gasteiger partial charge in [0.25, 0.3) is 0 Å². The van der Waals surface area contributed by atoms with E-state index >= 15 is 0 Å². The Labute approximate surface area is 190 Å². The second kappa shape index (κ2) is 10.3. The molecule has 1 atom stereocenters. The summed E-state index contributed by atoms with van der Waals surface area (Å²) in [5.41, 5.74) is 2.52. The predicted molar refractivity (Wildman–Crippen MR) is 125 cm³/mol. The lowest BCUT2D eigenvalue weighted by atomic mass is 10.0. The molecule has 1 heterocycles. The highest BCUT2D eigenvalue weighted by atomic mass is 32.2. The average Bonchev–Trinajstić information content (AvgIpc) is 3.20. The van der Waals surface area contributed by atoms with Gasteiger partial charge in [-0.3, -0.25) is 9.59 Å². The Balaban J connectivity index is 1.75. The van der Waals surface area contributed by atoms with E-state index < -0.39 is 16.1 Å². The molecule has 0 fully saturated rings. The number of nitrogens with zero attached hydrogens (tertiary/aromatic N) is 1. The molecule has 3 rings (SSSR count). The van der Waals surface area contributed by atoms with Crippen LogP contribution in [0.3, 0.4) is 0 Å². The Hall–Kier alpha value is -2.71. The molecular weight excluding hydrogens is 426 g/mol. The number of hydrogen-bond donors (Lipinski definition) is 2. The molecule has 1 aliphatic heterocycles. The van der Waals surface area contributed by atoms with Gasteiger partial charge in [0.05, 0.1) is 4.90 Å². The van der Waals surface area contributed by atoms with Gasteiger partial charge in [0.2, 0.25) is 21.8 Å². The second-order valence-electron chi connectivity index (χ2n) is 8.45. The summed E-state index contributed by atoms with van der Waals surface area (Å²) in [5, 5.41) is 2.83. The zero-order valence-corrected chi connectivity index (χ0v) is 19.6. The molecule has 7 nitrogen and oxygen atoms in total. The van der Waals surface area contributed by atoms with Gasteiger partial charge in [-0.15, -0.1) is 0 Å². The highest BCUT2D eigenvalue weighted by Crippen LogP contribution is 2.30. The van der Waals surface area contributed by atoms with E-state index in [0.717, 1.165) is 16.8 Å². The molecule has 172 valence electrons. The maximum atomic E-state index is 13.1. The van der Waals surface area contributed by atoms with E-state index in [9.17, 15) is 18.0 Å². The van der Waals surface area contributed by atoms with Crippen molar-refractivity contribution in [1.29, 1.82) is 0 Å². The van der Waals surface area contributed by atoms with Crippen molar-refractivity contribution < 1.29 is 18.0 Å². The second-order valence-corrected chi connectivity index (χ2v) is 10.2. The molecule has 2 N–H and O–H groups in total. The van der Waals surface area contributed by atoms with Crippen molar-refractivity contribution in [2.45, 2.75) is 57.5 Å². The van der Waals surface area contributed by atoms with Crippen LogP contribution in [0.15, 0.2) is 53.4 Å². The maximum absolute atomic E-state index is 13.1. The number of hydrogen-bond acceptors (Lipinski definition) is 4. The van der Waals surface area contributed by atoms with E-state index in [0.29, 0.717) is 32.4 Å². The minimum atomic E-state index is -3.91. The summed E-state index contributed by atoms with van der Waals surface area (Å²) in [6.45, 7) is 6.58. The minimum Gasteiger partial charge on any atom is -0.351 e. The van der Waals surface area contributed by atoms with Gasteiger partial charge in [-0.25, -0.2) is 8.42 Å². The lowest BCUT2D eigenvalue weighted by Crippen LogP contribution is -2.47. The lowest BCUT2D eigenvalue weighted by molar-refractivity contribution is -0.123. The Kier molecular flexibility index (Phi) is 7.69. The summed E-state index contributed by atoms with van der Waals surface area (Å²) in [5.74, 6) is -0.213. The average molecular weight is 458 g/mol. The first kappa shape index (κ1) is 23.9. The van der Waals surface area contributed by atoms with E-state index in [1.807, 2.05) is 44.2 Å². The first-order valence-corrected chi connectivity index (χ1v) is 12.5. The number of carbonyl (C=O) groups excluding carboxylic acids is 2. The van der Waals surface area contributed by atoms with Crippen molar-refractivity contribution in [3.8, 4) is 0 Å². The third kappa shape index (κ3) is 5.75. The van der Waals surface area contributed by atoms with E-state index in [4.69, 9.17) is 0 Å². The van der Waals surface area contributed by atoms with Crippen LogP contribution >= 0.6 is 0 Å². The topological polar surface area (TPSA) is 95.6 Å². The Bertz CT molecular complexity index is 1070. The monoisotopic (exact) mass is 457 g/mol. The third-order valence-electron chi connectivity index (χ3n) is 5.49. The first-order chi connectivity index (χ1) is 15.2. The lowest BCUT2D eigenvalue weighted by Gasteiger charge is -2.21. The zero-order chi connectivity index (χ0) is 23.3. The summed E-state index contributed by atoms with van der Waals surface area (Å²) in [6, 6.07) is 13.4. The third-order valence-corrected chi connectivity index (χ3v) is 6.96. The number of nitrogens with one attached hydrogen (secondary N) is 2. The van der Waals surface area contributed by atoms with Gasteiger partial charge in [0, 0.05) is 25.2 Å². The summed E-state index contributed by atoms with van der Waals surface area (Å²) in [4.78, 5) is 26.7. The van der Waals surface area contributed by atoms with Gasteiger partial charge in [0.1, 0.15) is 6.04 Å². The van der Waals surface area contributed by atoms with Crippen LogP contribution in [0.25, 0.3) is 0 Å². The van der Waals surface area contributed by atoms with Crippen molar-refractivity contribution >= 4 is 27.5 Å². The molecule has 2 amide bonds. The van der Waals surface area contributed by atoms with Crippen molar-refractivity contribution in [2.75, 3.05) is 11.4 Å². The zero-order valence-electron chi connectivity index (χ0n) is 18.8. The molecule has 0 saturated carbocycles. The summed E-state index contributed by atoms with van der Waals surface area (Å²) in [6.07, 6.45) is 1.39. The van der Waals surface area contributed by atoms with Gasteiger partial charge in [-0.05, 0) is 48.1 Å². The van der Waals surface area contributed by atoms with Crippen molar-refractivity contribution in [3.63, 3.8) is 0 Å². The van der Waals surface area contributed by atoms with Crippen molar-refractivity contribution in [1.82, 2.24) is 10.0 Å². The molecular formula is C24H31N3O4S. The fraction of sp³-hybridized carbons (Fsp3) is 0.417.